The summed E-state index contributed by atoms with van der Waals surface area (Å²) in [7, 11) is 0. The smallest absolute Gasteiger partial charge is 0.114 e. The van der Waals surface area contributed by atoms with E-state index in [9.17, 15) is 0 Å². The lowest BCUT2D eigenvalue weighted by Gasteiger charge is -2.02. The average Bonchev–Trinajstić information content (AvgIpc) is 2.82. The number of rotatable bonds is 0. The molecule has 0 saturated carbocycles. The number of hydrogen-bond donors (Lipinski definition) is 0. The first-order chi connectivity index (χ1) is 15.7. The van der Waals surface area contributed by atoms with Crippen molar-refractivity contribution in [3.63, 3.8) is 0 Å². The summed E-state index contributed by atoms with van der Waals surface area (Å²) in [6.45, 7) is 0. The highest BCUT2D eigenvalue weighted by molar-refractivity contribution is 14.1. The van der Waals surface area contributed by atoms with Crippen molar-refractivity contribution in [2.45, 2.75) is 0 Å². The van der Waals surface area contributed by atoms with E-state index in [1.54, 1.807) is 0 Å². The lowest BCUT2D eigenvalue weighted by molar-refractivity contribution is 1.36. The van der Waals surface area contributed by atoms with Gasteiger partial charge in [-0.05, 0) is 93.4 Å². The third kappa shape index (κ3) is 4.62. The molecule has 150 valence electrons. The number of para-hydroxylation sites is 2. The summed E-state index contributed by atoms with van der Waals surface area (Å²) in [5.41, 5.74) is 5.29. The molecule has 0 unspecified atom stereocenters. The summed E-state index contributed by atoms with van der Waals surface area (Å²) >= 11 is 4.64. The van der Waals surface area contributed by atoms with Gasteiger partial charge < -0.3 is 0 Å². The van der Waals surface area contributed by atoms with Crippen LogP contribution in [0.4, 0.5) is 0 Å². The molecular weight excluding hydrogens is 618 g/mol. The quantitative estimate of drug-likeness (QED) is 0.139. The molecule has 0 radical (unpaired) electrons. The van der Waals surface area contributed by atoms with Crippen LogP contribution in [0.3, 0.4) is 0 Å². The third-order valence-electron chi connectivity index (χ3n) is 4.90. The van der Waals surface area contributed by atoms with Gasteiger partial charge in [0.15, 0.2) is 0 Å². The molecule has 0 aliphatic carbocycles. The zero-order valence-electron chi connectivity index (χ0n) is 16.7. The van der Waals surface area contributed by atoms with Crippen molar-refractivity contribution in [3.05, 3.63) is 115 Å². The molecule has 5 rings (SSSR count). The first-order valence-electron chi connectivity index (χ1n) is 9.90. The molecule has 32 heavy (non-hydrogen) atoms. The molecule has 4 heteroatoms. The van der Waals surface area contributed by atoms with Crippen molar-refractivity contribution in [3.8, 4) is 23.7 Å². The van der Waals surface area contributed by atoms with E-state index in [2.05, 4.69) is 109 Å². The molecule has 2 heterocycles. The fourth-order valence-electron chi connectivity index (χ4n) is 3.27. The van der Waals surface area contributed by atoms with Crippen LogP contribution in [0.15, 0.2) is 84.9 Å². The summed E-state index contributed by atoms with van der Waals surface area (Å²) in [6.07, 6.45) is 0. The second-order valence-electron chi connectivity index (χ2n) is 7.09. The van der Waals surface area contributed by atoms with Crippen molar-refractivity contribution in [2.75, 3.05) is 0 Å². The van der Waals surface area contributed by atoms with Gasteiger partial charge in [-0.1, -0.05) is 60.4 Å². The molecule has 5 aromatic rings. The summed E-state index contributed by atoms with van der Waals surface area (Å²) in [4.78, 5) is 9.29. The predicted octanol–water partition coefficient (Wildman–Crippen LogP) is 6.79. The van der Waals surface area contributed by atoms with Crippen molar-refractivity contribution in [2.24, 2.45) is 0 Å². The maximum atomic E-state index is 4.65. The van der Waals surface area contributed by atoms with Gasteiger partial charge in [-0.3, -0.25) is 0 Å². The topological polar surface area (TPSA) is 25.8 Å². The van der Waals surface area contributed by atoms with Crippen LogP contribution in [0.2, 0.25) is 0 Å². The predicted molar refractivity (Wildman–Crippen MR) is 147 cm³/mol. The monoisotopic (exact) mass is 632 g/mol. The fourth-order valence-corrected chi connectivity index (χ4v) is 5.07. The molecule has 3 aromatic carbocycles. The highest BCUT2D eigenvalue weighted by Crippen LogP contribution is 2.20. The van der Waals surface area contributed by atoms with Gasteiger partial charge in [-0.15, -0.1) is 0 Å². The van der Waals surface area contributed by atoms with E-state index < -0.39 is 0 Å². The Morgan fingerprint density at radius 3 is 1.47 bits per heavy atom. The zero-order chi connectivity index (χ0) is 21.9. The van der Waals surface area contributed by atoms with Crippen LogP contribution in [0.25, 0.3) is 21.8 Å². The molecule has 0 spiro atoms. The molecule has 0 fully saturated rings. The van der Waals surface area contributed by atoms with E-state index in [0.29, 0.717) is 0 Å². The Morgan fingerprint density at radius 2 is 0.969 bits per heavy atom. The standard InChI is InChI=1S/C28H14I2N2/c29-25-18-26(30)22(12-16-24-14-10-20-6-2-4-8-28(20)32-24)17-21(25)11-15-23-13-9-19-5-1-3-7-27(19)31-23/h1-10,13-14,17-18H. The van der Waals surface area contributed by atoms with Crippen LogP contribution >= 0.6 is 45.2 Å². The number of hydrogen-bond acceptors (Lipinski definition) is 2. The van der Waals surface area contributed by atoms with Crippen LogP contribution in [0.1, 0.15) is 22.5 Å². The highest BCUT2D eigenvalue weighted by Gasteiger charge is 2.04. The van der Waals surface area contributed by atoms with Crippen LogP contribution in [0, 0.1) is 30.8 Å². The summed E-state index contributed by atoms with van der Waals surface area (Å²) in [6, 6.07) is 28.3. The Hall–Kier alpha value is -2.94. The van der Waals surface area contributed by atoms with Crippen LogP contribution in [-0.2, 0) is 0 Å². The summed E-state index contributed by atoms with van der Waals surface area (Å²) < 4.78 is 2.18. The summed E-state index contributed by atoms with van der Waals surface area (Å²) in [5.74, 6) is 13.0. The molecule has 0 saturated heterocycles. The lowest BCUT2D eigenvalue weighted by atomic mass is 10.1. The fraction of sp³-hybridized carbons (Fsp3) is 0. The van der Waals surface area contributed by atoms with E-state index in [4.69, 9.17) is 0 Å². The van der Waals surface area contributed by atoms with Gasteiger partial charge in [0.25, 0.3) is 0 Å². The van der Waals surface area contributed by atoms with E-state index in [0.717, 1.165) is 51.5 Å². The molecule has 2 aromatic heterocycles. The SMILES string of the molecule is Ic1cc(I)c(C#Cc2ccc3ccccc3n2)cc1C#Cc1ccc2ccccc2n1. The largest absolute Gasteiger partial charge is 0.239 e. The number of aromatic nitrogens is 2. The van der Waals surface area contributed by atoms with E-state index in [-0.39, 0.29) is 0 Å². The number of benzene rings is 3. The second kappa shape index (κ2) is 9.28. The molecule has 2 nitrogen and oxygen atoms in total. The highest BCUT2D eigenvalue weighted by atomic mass is 127. The Bertz CT molecular complexity index is 1500. The van der Waals surface area contributed by atoms with Crippen molar-refractivity contribution >= 4 is 67.0 Å². The van der Waals surface area contributed by atoms with Crippen LogP contribution in [0.5, 0.6) is 0 Å². The number of halogens is 2. The van der Waals surface area contributed by atoms with Crippen molar-refractivity contribution in [1.82, 2.24) is 9.97 Å². The minimum absolute atomic E-state index is 0.756. The van der Waals surface area contributed by atoms with Crippen molar-refractivity contribution < 1.29 is 0 Å². The minimum Gasteiger partial charge on any atom is -0.239 e. The third-order valence-corrected chi connectivity index (χ3v) is 6.69. The van der Waals surface area contributed by atoms with Gasteiger partial charge in [0.05, 0.1) is 11.0 Å². The Labute approximate surface area is 213 Å². The molecule has 0 aliphatic rings. The molecule has 0 bridgehead atoms. The van der Waals surface area contributed by atoms with Gasteiger partial charge in [0.2, 0.25) is 0 Å². The Balaban J connectivity index is 1.48. The number of nitrogens with zero attached hydrogens (tertiary/aromatic N) is 2. The molecular formula is C28H14I2N2. The second-order valence-corrected chi connectivity index (χ2v) is 9.41. The minimum atomic E-state index is 0.756. The Kier molecular flexibility index (Phi) is 6.07. The first-order valence-corrected chi connectivity index (χ1v) is 12.1. The maximum Gasteiger partial charge on any atom is 0.114 e. The maximum absolute atomic E-state index is 4.65. The van der Waals surface area contributed by atoms with E-state index in [1.165, 1.54) is 0 Å². The number of pyridine rings is 2. The lowest BCUT2D eigenvalue weighted by Crippen LogP contribution is -1.91. The van der Waals surface area contributed by atoms with Crippen molar-refractivity contribution in [1.29, 1.82) is 0 Å². The average molecular weight is 632 g/mol. The van der Waals surface area contributed by atoms with Gasteiger partial charge in [0, 0.05) is 29.0 Å². The van der Waals surface area contributed by atoms with E-state index >= 15 is 0 Å². The zero-order valence-corrected chi connectivity index (χ0v) is 21.0. The molecule has 0 aliphatic heterocycles. The van der Waals surface area contributed by atoms with E-state index in [1.807, 2.05) is 54.6 Å². The van der Waals surface area contributed by atoms with Crippen LogP contribution < -0.4 is 0 Å². The molecule has 0 amide bonds. The van der Waals surface area contributed by atoms with Crippen LogP contribution in [-0.4, -0.2) is 9.97 Å². The summed E-state index contributed by atoms with van der Waals surface area (Å²) in [5, 5.41) is 2.23. The van der Waals surface area contributed by atoms with Gasteiger partial charge in [-0.25, -0.2) is 9.97 Å². The normalized spacial score (nSPS) is 10.3. The number of fused-ring (bicyclic) bond motifs is 2. The van der Waals surface area contributed by atoms with Gasteiger partial charge in [-0.2, -0.15) is 0 Å². The molecule has 0 N–H and O–H groups in total. The van der Waals surface area contributed by atoms with Gasteiger partial charge in [0.1, 0.15) is 11.4 Å². The Morgan fingerprint density at radius 1 is 0.500 bits per heavy atom. The van der Waals surface area contributed by atoms with Gasteiger partial charge >= 0.3 is 0 Å². The first kappa shape index (κ1) is 20.9. The molecule has 0 atom stereocenters.